The van der Waals surface area contributed by atoms with Gasteiger partial charge in [-0.25, -0.2) is 4.79 Å². The Morgan fingerprint density at radius 3 is 3.00 bits per heavy atom. The molecule has 2 amide bonds. The fraction of sp³-hybridized carbons (Fsp3) is 0.900. The third-order valence-electron chi connectivity index (χ3n) is 2.50. The van der Waals surface area contributed by atoms with Crippen LogP contribution >= 0.6 is 0 Å². The lowest BCUT2D eigenvalue weighted by atomic mass is 10.2. The Balaban J connectivity index is 2.12. The number of ether oxygens (including phenoxy) is 1. The average Bonchev–Trinajstić information content (AvgIpc) is 2.72. The van der Waals surface area contributed by atoms with Gasteiger partial charge in [-0.15, -0.1) is 0 Å². The van der Waals surface area contributed by atoms with Crippen LogP contribution in [0.3, 0.4) is 0 Å². The summed E-state index contributed by atoms with van der Waals surface area (Å²) < 4.78 is 5.30. The number of carbonyl (C=O) groups excluding carboxylic acids is 1. The van der Waals surface area contributed by atoms with E-state index in [0.717, 1.165) is 25.8 Å². The van der Waals surface area contributed by atoms with Crippen LogP contribution in [0, 0.1) is 0 Å². The van der Waals surface area contributed by atoms with Crippen LogP contribution in [-0.4, -0.2) is 43.4 Å². The fourth-order valence-electron chi connectivity index (χ4n) is 1.51. The SMILES string of the molecule is CCCCCNC(=O)N1COC(CN)C1. The molecule has 3 N–H and O–H groups in total. The van der Waals surface area contributed by atoms with Gasteiger partial charge in [0.1, 0.15) is 6.73 Å². The molecule has 0 aromatic carbocycles. The van der Waals surface area contributed by atoms with Crippen molar-refractivity contribution in [1.82, 2.24) is 10.2 Å². The van der Waals surface area contributed by atoms with Crippen LogP contribution < -0.4 is 11.1 Å². The molecule has 5 nitrogen and oxygen atoms in total. The van der Waals surface area contributed by atoms with E-state index in [1.54, 1.807) is 4.90 Å². The highest BCUT2D eigenvalue weighted by atomic mass is 16.5. The number of nitrogens with zero attached hydrogens (tertiary/aromatic N) is 1. The number of carbonyl (C=O) groups is 1. The van der Waals surface area contributed by atoms with Crippen molar-refractivity contribution in [2.75, 3.05) is 26.4 Å². The van der Waals surface area contributed by atoms with E-state index in [1.807, 2.05) is 0 Å². The minimum Gasteiger partial charge on any atom is -0.355 e. The average molecular weight is 215 g/mol. The van der Waals surface area contributed by atoms with Gasteiger partial charge in [-0.1, -0.05) is 19.8 Å². The number of unbranched alkanes of at least 4 members (excludes halogenated alkanes) is 2. The van der Waals surface area contributed by atoms with E-state index < -0.39 is 0 Å². The van der Waals surface area contributed by atoms with Crippen molar-refractivity contribution in [3.63, 3.8) is 0 Å². The molecule has 88 valence electrons. The first-order chi connectivity index (χ1) is 7.27. The standard InChI is InChI=1S/C10H21N3O2/c1-2-3-4-5-12-10(14)13-7-9(6-11)15-8-13/h9H,2-8,11H2,1H3,(H,12,14). The number of nitrogens with two attached hydrogens (primary N) is 1. The van der Waals surface area contributed by atoms with Crippen molar-refractivity contribution in [2.24, 2.45) is 5.73 Å². The summed E-state index contributed by atoms with van der Waals surface area (Å²) in [5, 5.41) is 2.87. The molecule has 0 bridgehead atoms. The summed E-state index contributed by atoms with van der Waals surface area (Å²) in [4.78, 5) is 13.2. The van der Waals surface area contributed by atoms with Crippen LogP contribution in [0.2, 0.25) is 0 Å². The molecule has 5 heteroatoms. The van der Waals surface area contributed by atoms with E-state index in [-0.39, 0.29) is 12.1 Å². The third kappa shape index (κ3) is 4.05. The molecule has 0 aliphatic carbocycles. The number of nitrogens with one attached hydrogen (secondary N) is 1. The predicted molar refractivity (Wildman–Crippen MR) is 58.4 cm³/mol. The lowest BCUT2D eigenvalue weighted by Gasteiger charge is -2.14. The maximum Gasteiger partial charge on any atom is 0.319 e. The molecular formula is C10H21N3O2. The quantitative estimate of drug-likeness (QED) is 0.656. The molecule has 1 rings (SSSR count). The van der Waals surface area contributed by atoms with Crippen molar-refractivity contribution in [3.8, 4) is 0 Å². The van der Waals surface area contributed by atoms with Crippen molar-refractivity contribution in [3.05, 3.63) is 0 Å². The van der Waals surface area contributed by atoms with E-state index in [1.165, 1.54) is 0 Å². The molecular weight excluding hydrogens is 194 g/mol. The van der Waals surface area contributed by atoms with Crippen LogP contribution in [0.1, 0.15) is 26.2 Å². The second kappa shape index (κ2) is 6.63. The molecule has 1 unspecified atom stereocenters. The Bertz CT molecular complexity index is 199. The lowest BCUT2D eigenvalue weighted by Crippen LogP contribution is -2.39. The Morgan fingerprint density at radius 1 is 1.60 bits per heavy atom. The zero-order valence-corrected chi connectivity index (χ0v) is 9.37. The summed E-state index contributed by atoms with van der Waals surface area (Å²) in [6.07, 6.45) is 3.36. The molecule has 1 heterocycles. The summed E-state index contributed by atoms with van der Waals surface area (Å²) in [6.45, 7) is 4.33. The summed E-state index contributed by atoms with van der Waals surface area (Å²) in [5.74, 6) is 0. The van der Waals surface area contributed by atoms with Gasteiger partial charge in [-0.3, -0.25) is 4.90 Å². The summed E-state index contributed by atoms with van der Waals surface area (Å²) >= 11 is 0. The maximum atomic E-state index is 11.6. The molecule has 0 spiro atoms. The summed E-state index contributed by atoms with van der Waals surface area (Å²) in [6, 6.07) is -0.0398. The molecule has 0 aromatic rings. The zero-order chi connectivity index (χ0) is 11.1. The van der Waals surface area contributed by atoms with Gasteiger partial charge in [0.25, 0.3) is 0 Å². The number of hydrogen-bond acceptors (Lipinski definition) is 3. The van der Waals surface area contributed by atoms with Gasteiger partial charge in [0.05, 0.1) is 12.6 Å². The monoisotopic (exact) mass is 215 g/mol. The van der Waals surface area contributed by atoms with Crippen LogP contribution in [0.25, 0.3) is 0 Å². The first-order valence-electron chi connectivity index (χ1n) is 5.62. The van der Waals surface area contributed by atoms with E-state index in [4.69, 9.17) is 10.5 Å². The van der Waals surface area contributed by atoms with Crippen LogP contribution in [-0.2, 0) is 4.74 Å². The number of hydrogen-bond donors (Lipinski definition) is 2. The normalized spacial score (nSPS) is 20.7. The van der Waals surface area contributed by atoms with E-state index in [2.05, 4.69) is 12.2 Å². The molecule has 0 saturated carbocycles. The summed E-state index contributed by atoms with van der Waals surface area (Å²) in [5.41, 5.74) is 5.45. The Kier molecular flexibility index (Phi) is 5.42. The van der Waals surface area contributed by atoms with Gasteiger partial charge in [0.2, 0.25) is 0 Å². The predicted octanol–water partition coefficient (Wildman–Crippen LogP) is 0.503. The van der Waals surface area contributed by atoms with E-state index in [9.17, 15) is 4.79 Å². The largest absolute Gasteiger partial charge is 0.355 e. The Hall–Kier alpha value is -0.810. The minimum atomic E-state index is -0.0398. The van der Waals surface area contributed by atoms with E-state index in [0.29, 0.717) is 19.8 Å². The molecule has 1 aliphatic heterocycles. The van der Waals surface area contributed by atoms with Gasteiger partial charge < -0.3 is 15.8 Å². The highest BCUT2D eigenvalue weighted by Crippen LogP contribution is 2.06. The van der Waals surface area contributed by atoms with Crippen LogP contribution in [0.4, 0.5) is 4.79 Å². The molecule has 1 fully saturated rings. The number of amides is 2. The Morgan fingerprint density at radius 2 is 2.40 bits per heavy atom. The Labute approximate surface area is 90.9 Å². The van der Waals surface area contributed by atoms with Gasteiger partial charge in [-0.2, -0.15) is 0 Å². The van der Waals surface area contributed by atoms with Gasteiger partial charge >= 0.3 is 6.03 Å². The molecule has 1 aliphatic rings. The fourth-order valence-corrected chi connectivity index (χ4v) is 1.51. The lowest BCUT2D eigenvalue weighted by molar-refractivity contribution is 0.0994. The highest BCUT2D eigenvalue weighted by molar-refractivity contribution is 5.74. The van der Waals surface area contributed by atoms with Crippen molar-refractivity contribution >= 4 is 6.03 Å². The first-order valence-corrected chi connectivity index (χ1v) is 5.62. The third-order valence-corrected chi connectivity index (χ3v) is 2.50. The molecule has 0 aromatic heterocycles. The van der Waals surface area contributed by atoms with E-state index >= 15 is 0 Å². The van der Waals surface area contributed by atoms with Gasteiger partial charge in [0.15, 0.2) is 0 Å². The molecule has 15 heavy (non-hydrogen) atoms. The van der Waals surface area contributed by atoms with Crippen molar-refractivity contribution in [1.29, 1.82) is 0 Å². The van der Waals surface area contributed by atoms with Crippen LogP contribution in [0.5, 0.6) is 0 Å². The topological polar surface area (TPSA) is 67.6 Å². The van der Waals surface area contributed by atoms with Crippen molar-refractivity contribution < 1.29 is 9.53 Å². The maximum absolute atomic E-state index is 11.6. The van der Waals surface area contributed by atoms with Gasteiger partial charge in [0, 0.05) is 13.1 Å². The second-order valence-electron chi connectivity index (χ2n) is 3.81. The highest BCUT2D eigenvalue weighted by Gasteiger charge is 2.25. The molecule has 0 radical (unpaired) electrons. The van der Waals surface area contributed by atoms with Crippen molar-refractivity contribution in [2.45, 2.75) is 32.3 Å². The zero-order valence-electron chi connectivity index (χ0n) is 9.37. The first kappa shape index (κ1) is 12.3. The number of urea groups is 1. The molecule has 1 saturated heterocycles. The number of rotatable bonds is 5. The smallest absolute Gasteiger partial charge is 0.319 e. The van der Waals surface area contributed by atoms with Crippen LogP contribution in [0.15, 0.2) is 0 Å². The summed E-state index contributed by atoms with van der Waals surface area (Å²) in [7, 11) is 0. The van der Waals surface area contributed by atoms with Gasteiger partial charge in [-0.05, 0) is 6.42 Å². The second-order valence-corrected chi connectivity index (χ2v) is 3.81. The minimum absolute atomic E-state index is 0.00592. The molecule has 1 atom stereocenters.